The molecule has 0 aromatic heterocycles. The molecule has 0 bridgehead atoms. The Bertz CT molecular complexity index is 581. The van der Waals surface area contributed by atoms with Gasteiger partial charge in [-0.15, -0.1) is 0 Å². The van der Waals surface area contributed by atoms with Gasteiger partial charge in [-0.25, -0.2) is 4.79 Å². The van der Waals surface area contributed by atoms with Gasteiger partial charge in [0.15, 0.2) is 23.7 Å². The van der Waals surface area contributed by atoms with Gasteiger partial charge in [0.25, 0.3) is 5.91 Å². The topological polar surface area (TPSA) is 83.1 Å². The molecular formula is C15H17NO6. The first-order chi connectivity index (χ1) is 10.6. The molecule has 3 rings (SSSR count). The number of anilines is 1. The van der Waals surface area contributed by atoms with Crippen molar-refractivity contribution in [2.75, 3.05) is 18.7 Å². The SMILES string of the molecule is C[C@H](OC(=O)[C@@H]1CCCO1)C(=O)Nc1ccc2c(c1)OCO2. The lowest BCUT2D eigenvalue weighted by molar-refractivity contribution is -0.162. The first kappa shape index (κ1) is 14.6. The molecule has 0 aliphatic carbocycles. The Kier molecular flexibility index (Phi) is 4.15. The smallest absolute Gasteiger partial charge is 0.336 e. The Morgan fingerprint density at radius 2 is 2.14 bits per heavy atom. The fraction of sp³-hybridized carbons (Fsp3) is 0.467. The Balaban J connectivity index is 1.55. The summed E-state index contributed by atoms with van der Waals surface area (Å²) < 4.78 is 20.8. The van der Waals surface area contributed by atoms with E-state index in [2.05, 4.69) is 5.32 Å². The van der Waals surface area contributed by atoms with E-state index in [9.17, 15) is 9.59 Å². The Hall–Kier alpha value is -2.28. The van der Waals surface area contributed by atoms with Gasteiger partial charge in [-0.2, -0.15) is 0 Å². The van der Waals surface area contributed by atoms with Crippen LogP contribution >= 0.6 is 0 Å². The van der Waals surface area contributed by atoms with Gasteiger partial charge < -0.3 is 24.3 Å². The van der Waals surface area contributed by atoms with Crippen molar-refractivity contribution in [2.24, 2.45) is 0 Å². The minimum atomic E-state index is -0.901. The number of ether oxygens (including phenoxy) is 4. The van der Waals surface area contributed by atoms with Gasteiger partial charge in [0.1, 0.15) is 0 Å². The van der Waals surface area contributed by atoms with E-state index in [-0.39, 0.29) is 6.79 Å². The van der Waals surface area contributed by atoms with Gasteiger partial charge in [-0.05, 0) is 31.9 Å². The lowest BCUT2D eigenvalue weighted by Gasteiger charge is -2.16. The number of carbonyl (C=O) groups is 2. The quantitative estimate of drug-likeness (QED) is 0.848. The van der Waals surface area contributed by atoms with E-state index in [0.717, 1.165) is 6.42 Å². The van der Waals surface area contributed by atoms with Crippen molar-refractivity contribution in [3.05, 3.63) is 18.2 Å². The highest BCUT2D eigenvalue weighted by Gasteiger charge is 2.28. The minimum Gasteiger partial charge on any atom is -0.454 e. The van der Waals surface area contributed by atoms with Crippen molar-refractivity contribution >= 4 is 17.6 Å². The van der Waals surface area contributed by atoms with Gasteiger partial charge in [0, 0.05) is 18.4 Å². The maximum Gasteiger partial charge on any atom is 0.336 e. The number of carbonyl (C=O) groups excluding carboxylic acids is 2. The van der Waals surface area contributed by atoms with Crippen LogP contribution in [-0.2, 0) is 19.1 Å². The molecule has 1 N–H and O–H groups in total. The number of benzene rings is 1. The zero-order chi connectivity index (χ0) is 15.5. The maximum atomic E-state index is 12.1. The molecule has 1 saturated heterocycles. The van der Waals surface area contributed by atoms with Crippen molar-refractivity contribution in [1.82, 2.24) is 0 Å². The van der Waals surface area contributed by atoms with E-state index < -0.39 is 24.1 Å². The second-order valence-corrected chi connectivity index (χ2v) is 5.14. The number of rotatable bonds is 4. The maximum absolute atomic E-state index is 12.1. The first-order valence-corrected chi connectivity index (χ1v) is 7.16. The van der Waals surface area contributed by atoms with Crippen LogP contribution < -0.4 is 14.8 Å². The van der Waals surface area contributed by atoms with Crippen molar-refractivity contribution in [3.8, 4) is 11.5 Å². The molecule has 118 valence electrons. The normalized spacial score (nSPS) is 20.5. The summed E-state index contributed by atoms with van der Waals surface area (Å²) in [6.07, 6.45) is 0.00952. The average Bonchev–Trinajstić information content (AvgIpc) is 3.18. The predicted octanol–water partition coefficient (Wildman–Crippen LogP) is 1.46. The second-order valence-electron chi connectivity index (χ2n) is 5.14. The van der Waals surface area contributed by atoms with Crippen LogP contribution in [0.25, 0.3) is 0 Å². The van der Waals surface area contributed by atoms with Crippen molar-refractivity contribution in [3.63, 3.8) is 0 Å². The van der Waals surface area contributed by atoms with E-state index in [1.165, 1.54) is 6.92 Å². The number of fused-ring (bicyclic) bond motifs is 1. The molecule has 1 aromatic rings. The molecule has 2 atom stereocenters. The summed E-state index contributed by atoms with van der Waals surface area (Å²) in [5.74, 6) is 0.300. The molecule has 1 aromatic carbocycles. The molecule has 7 heteroatoms. The van der Waals surface area contributed by atoms with Gasteiger partial charge in [-0.3, -0.25) is 4.79 Å². The monoisotopic (exact) mass is 307 g/mol. The molecule has 22 heavy (non-hydrogen) atoms. The molecule has 2 aliphatic rings. The molecule has 0 radical (unpaired) electrons. The third-order valence-corrected chi connectivity index (χ3v) is 3.49. The lowest BCUT2D eigenvalue weighted by atomic mass is 10.2. The number of nitrogens with one attached hydrogen (secondary N) is 1. The minimum absolute atomic E-state index is 0.169. The van der Waals surface area contributed by atoms with Crippen molar-refractivity contribution < 1.29 is 28.5 Å². The summed E-state index contributed by atoms with van der Waals surface area (Å²) in [6, 6.07) is 5.07. The molecule has 0 unspecified atom stereocenters. The molecule has 7 nitrogen and oxygen atoms in total. The summed E-state index contributed by atoms with van der Waals surface area (Å²) in [6.45, 7) is 2.24. The zero-order valence-electron chi connectivity index (χ0n) is 12.2. The number of hydrogen-bond acceptors (Lipinski definition) is 6. The van der Waals surface area contributed by atoms with Gasteiger partial charge in [0.05, 0.1) is 0 Å². The Morgan fingerprint density at radius 1 is 1.32 bits per heavy atom. The highest BCUT2D eigenvalue weighted by molar-refractivity contribution is 5.95. The fourth-order valence-corrected chi connectivity index (χ4v) is 2.29. The largest absolute Gasteiger partial charge is 0.454 e. The summed E-state index contributed by atoms with van der Waals surface area (Å²) in [4.78, 5) is 23.9. The average molecular weight is 307 g/mol. The molecular weight excluding hydrogens is 290 g/mol. The lowest BCUT2D eigenvalue weighted by Crippen LogP contribution is -2.33. The third-order valence-electron chi connectivity index (χ3n) is 3.49. The zero-order valence-corrected chi connectivity index (χ0v) is 12.2. The highest BCUT2D eigenvalue weighted by atomic mass is 16.7. The second kappa shape index (κ2) is 6.23. The van der Waals surface area contributed by atoms with Crippen LogP contribution in [0.1, 0.15) is 19.8 Å². The third kappa shape index (κ3) is 3.14. The molecule has 0 spiro atoms. The summed E-state index contributed by atoms with van der Waals surface area (Å²) in [5, 5.41) is 2.67. The Labute approximate surface area is 127 Å². The van der Waals surface area contributed by atoms with Crippen molar-refractivity contribution in [2.45, 2.75) is 32.0 Å². The van der Waals surface area contributed by atoms with E-state index in [1.807, 2.05) is 0 Å². The van der Waals surface area contributed by atoms with Gasteiger partial charge in [-0.1, -0.05) is 0 Å². The van der Waals surface area contributed by atoms with Crippen LogP contribution in [0, 0.1) is 0 Å². The molecule has 0 saturated carbocycles. The van der Waals surface area contributed by atoms with E-state index in [0.29, 0.717) is 30.2 Å². The molecule has 1 amide bonds. The highest BCUT2D eigenvalue weighted by Crippen LogP contribution is 2.34. The standard InChI is InChI=1S/C15H17NO6/c1-9(22-15(18)12-3-2-6-19-12)14(17)16-10-4-5-11-13(7-10)21-8-20-11/h4-5,7,9,12H,2-3,6,8H2,1H3,(H,16,17)/t9-,12-/m0/s1. The van der Waals surface area contributed by atoms with Crippen molar-refractivity contribution in [1.29, 1.82) is 0 Å². The first-order valence-electron chi connectivity index (χ1n) is 7.16. The number of esters is 1. The van der Waals surface area contributed by atoms with Gasteiger partial charge in [0.2, 0.25) is 6.79 Å². The van der Waals surface area contributed by atoms with E-state index >= 15 is 0 Å². The van der Waals surface area contributed by atoms with Crippen LogP contribution in [0.2, 0.25) is 0 Å². The van der Waals surface area contributed by atoms with Crippen LogP contribution in [0.4, 0.5) is 5.69 Å². The predicted molar refractivity (Wildman–Crippen MR) is 75.7 cm³/mol. The number of amides is 1. The molecule has 2 heterocycles. The van der Waals surface area contributed by atoms with Crippen LogP contribution in [0.3, 0.4) is 0 Å². The summed E-state index contributed by atoms with van der Waals surface area (Å²) in [7, 11) is 0. The summed E-state index contributed by atoms with van der Waals surface area (Å²) >= 11 is 0. The fourth-order valence-electron chi connectivity index (χ4n) is 2.29. The van der Waals surface area contributed by atoms with Crippen LogP contribution in [0.5, 0.6) is 11.5 Å². The van der Waals surface area contributed by atoms with Gasteiger partial charge >= 0.3 is 5.97 Å². The Morgan fingerprint density at radius 3 is 2.91 bits per heavy atom. The van der Waals surface area contributed by atoms with Crippen LogP contribution in [0.15, 0.2) is 18.2 Å². The van der Waals surface area contributed by atoms with E-state index in [1.54, 1.807) is 18.2 Å². The number of hydrogen-bond donors (Lipinski definition) is 1. The molecule has 1 fully saturated rings. The van der Waals surface area contributed by atoms with E-state index in [4.69, 9.17) is 18.9 Å². The summed E-state index contributed by atoms with van der Waals surface area (Å²) in [5.41, 5.74) is 0.550. The molecule has 2 aliphatic heterocycles. The van der Waals surface area contributed by atoms with Crippen LogP contribution in [-0.4, -0.2) is 37.5 Å².